The Hall–Kier alpha value is -2.01. The monoisotopic (exact) mass is 418 g/mol. The lowest BCUT2D eigenvalue weighted by molar-refractivity contribution is 0.0217. The van der Waals surface area contributed by atoms with E-state index in [1.54, 1.807) is 27.7 Å². The fourth-order valence-corrected chi connectivity index (χ4v) is 2.50. The van der Waals surface area contributed by atoms with Crippen molar-refractivity contribution in [3.8, 4) is 0 Å². The summed E-state index contributed by atoms with van der Waals surface area (Å²) in [5, 5.41) is 18.8. The van der Waals surface area contributed by atoms with Gasteiger partial charge in [0.1, 0.15) is 0 Å². The summed E-state index contributed by atoms with van der Waals surface area (Å²) in [5.74, 6) is -2.15. The van der Waals surface area contributed by atoms with Gasteiger partial charge in [-0.05, 0) is 29.5 Å². The first kappa shape index (κ1) is 24.0. The van der Waals surface area contributed by atoms with E-state index in [1.165, 1.54) is 18.2 Å². The van der Waals surface area contributed by atoms with Crippen LogP contribution in [0.4, 0.5) is 0 Å². The van der Waals surface area contributed by atoms with Crippen LogP contribution >= 0.6 is 0 Å². The highest BCUT2D eigenvalue weighted by molar-refractivity contribution is 7.81. The van der Waals surface area contributed by atoms with E-state index in [0.29, 0.717) is 0 Å². The molecule has 158 valence electrons. The Labute approximate surface area is 164 Å². The van der Waals surface area contributed by atoms with Gasteiger partial charge in [0.05, 0.1) is 24.3 Å². The Morgan fingerprint density at radius 1 is 0.964 bits per heavy atom. The van der Waals surface area contributed by atoms with Gasteiger partial charge in [-0.15, -0.1) is 0 Å². The normalized spacial score (nSPS) is 12.5. The van der Waals surface area contributed by atoms with Crippen LogP contribution in [0.25, 0.3) is 0 Å². The molecule has 0 atom stereocenters. The lowest BCUT2D eigenvalue weighted by Crippen LogP contribution is -2.27. The van der Waals surface area contributed by atoms with Gasteiger partial charge >= 0.3 is 22.3 Å². The molecule has 0 aliphatic rings. The summed E-state index contributed by atoms with van der Waals surface area (Å²) >= 11 is 0. The number of benzene rings is 1. The van der Waals surface area contributed by atoms with E-state index in [2.05, 4.69) is 4.18 Å². The predicted molar refractivity (Wildman–Crippen MR) is 99.1 cm³/mol. The SMILES string of the molecule is CC(C)(CO)COC(=O)c1cccc(C(=O)OS(=O)(=O)O)c1CC(C)(C)CO. The Bertz CT molecular complexity index is 825. The van der Waals surface area contributed by atoms with Crippen LogP contribution in [-0.2, 0) is 25.7 Å². The highest BCUT2D eigenvalue weighted by atomic mass is 32.3. The Balaban J connectivity index is 3.37. The summed E-state index contributed by atoms with van der Waals surface area (Å²) in [7, 11) is -5.05. The molecular formula is C18H26O9S. The number of ether oxygens (including phenoxy) is 1. The van der Waals surface area contributed by atoms with Crippen molar-refractivity contribution in [2.45, 2.75) is 34.1 Å². The molecule has 0 spiro atoms. The van der Waals surface area contributed by atoms with Crippen LogP contribution in [0.2, 0.25) is 0 Å². The molecule has 1 rings (SSSR count). The third kappa shape index (κ3) is 7.19. The zero-order valence-corrected chi connectivity index (χ0v) is 17.1. The first-order valence-corrected chi connectivity index (χ1v) is 9.80. The van der Waals surface area contributed by atoms with Crippen molar-refractivity contribution in [1.29, 1.82) is 0 Å². The van der Waals surface area contributed by atoms with E-state index in [-0.39, 0.29) is 42.9 Å². The van der Waals surface area contributed by atoms with Gasteiger partial charge in [0.15, 0.2) is 0 Å². The molecule has 0 aliphatic heterocycles. The molecule has 0 fully saturated rings. The van der Waals surface area contributed by atoms with Gasteiger partial charge in [-0.3, -0.25) is 4.55 Å². The van der Waals surface area contributed by atoms with Crippen molar-refractivity contribution < 1.29 is 41.7 Å². The molecule has 0 unspecified atom stereocenters. The molecule has 0 saturated heterocycles. The topological polar surface area (TPSA) is 147 Å². The Kier molecular flexibility index (Phi) is 7.72. The number of aliphatic hydroxyl groups is 2. The molecule has 0 heterocycles. The van der Waals surface area contributed by atoms with Gasteiger partial charge in [-0.25, -0.2) is 9.59 Å². The van der Waals surface area contributed by atoms with Gasteiger partial charge in [-0.2, -0.15) is 8.42 Å². The summed E-state index contributed by atoms with van der Waals surface area (Å²) in [5.41, 5.74) is -1.59. The van der Waals surface area contributed by atoms with Crippen molar-refractivity contribution >= 4 is 22.3 Å². The van der Waals surface area contributed by atoms with Crippen molar-refractivity contribution in [2.24, 2.45) is 10.8 Å². The zero-order chi connectivity index (χ0) is 21.8. The molecule has 1 aromatic carbocycles. The van der Waals surface area contributed by atoms with Gasteiger partial charge in [0.2, 0.25) is 0 Å². The number of hydrogen-bond donors (Lipinski definition) is 3. The molecule has 10 heteroatoms. The van der Waals surface area contributed by atoms with Crippen molar-refractivity contribution in [2.75, 3.05) is 19.8 Å². The average Bonchev–Trinajstić information content (AvgIpc) is 2.58. The molecule has 0 amide bonds. The minimum absolute atomic E-state index is 0.0138. The zero-order valence-electron chi connectivity index (χ0n) is 16.3. The fraction of sp³-hybridized carbons (Fsp3) is 0.556. The number of hydrogen-bond acceptors (Lipinski definition) is 8. The average molecular weight is 418 g/mol. The van der Waals surface area contributed by atoms with Crippen LogP contribution in [0.3, 0.4) is 0 Å². The van der Waals surface area contributed by atoms with Gasteiger partial charge in [0, 0.05) is 12.0 Å². The largest absolute Gasteiger partial charge is 0.461 e. The first-order chi connectivity index (χ1) is 12.7. The molecule has 0 aromatic heterocycles. The van der Waals surface area contributed by atoms with E-state index in [4.69, 9.17) is 9.29 Å². The first-order valence-electron chi connectivity index (χ1n) is 8.43. The number of aliphatic hydroxyl groups excluding tert-OH is 2. The maximum absolute atomic E-state index is 12.6. The summed E-state index contributed by atoms with van der Waals surface area (Å²) < 4.78 is 39.8. The number of esters is 1. The fourth-order valence-electron chi connectivity index (χ4n) is 2.22. The van der Waals surface area contributed by atoms with Crippen molar-refractivity contribution in [1.82, 2.24) is 0 Å². The molecular weight excluding hydrogens is 392 g/mol. The second-order valence-electron chi connectivity index (χ2n) is 8.03. The Morgan fingerprint density at radius 2 is 1.46 bits per heavy atom. The summed E-state index contributed by atoms with van der Waals surface area (Å²) in [4.78, 5) is 24.8. The molecule has 1 aromatic rings. The van der Waals surface area contributed by atoms with Crippen LogP contribution < -0.4 is 0 Å². The minimum Gasteiger partial charge on any atom is -0.461 e. The van der Waals surface area contributed by atoms with Crippen LogP contribution in [0, 0.1) is 10.8 Å². The third-order valence-corrected chi connectivity index (χ3v) is 4.26. The third-order valence-electron chi connectivity index (χ3n) is 3.90. The highest BCUT2D eigenvalue weighted by Crippen LogP contribution is 2.28. The molecule has 0 bridgehead atoms. The number of carbonyl (C=O) groups is 2. The van der Waals surface area contributed by atoms with Gasteiger partial charge < -0.3 is 19.1 Å². The van der Waals surface area contributed by atoms with Gasteiger partial charge in [-0.1, -0.05) is 33.8 Å². The summed E-state index contributed by atoms with van der Waals surface area (Å²) in [6, 6.07) is 3.97. The standard InChI is InChI=1S/C18H26O9S/c1-17(2,9-19)8-14-12(15(21)26-11-18(3,4)10-20)6-5-7-13(14)16(22)27-28(23,24)25/h5-7,19-20H,8-11H2,1-4H3,(H,23,24,25). The maximum atomic E-state index is 12.6. The van der Waals surface area contributed by atoms with E-state index in [0.717, 1.165) is 0 Å². The Morgan fingerprint density at radius 3 is 1.93 bits per heavy atom. The van der Waals surface area contributed by atoms with Crippen LogP contribution in [-0.4, -0.2) is 54.9 Å². The van der Waals surface area contributed by atoms with E-state index >= 15 is 0 Å². The second kappa shape index (κ2) is 8.99. The van der Waals surface area contributed by atoms with Crippen LogP contribution in [0.15, 0.2) is 18.2 Å². The molecule has 9 nitrogen and oxygen atoms in total. The lowest BCUT2D eigenvalue weighted by Gasteiger charge is -2.25. The second-order valence-corrected chi connectivity index (χ2v) is 9.05. The summed E-state index contributed by atoms with van der Waals surface area (Å²) in [6.45, 7) is 6.16. The molecule has 0 aliphatic carbocycles. The summed E-state index contributed by atoms with van der Waals surface area (Å²) in [6.07, 6.45) is 0.0219. The van der Waals surface area contributed by atoms with Crippen LogP contribution in [0.5, 0.6) is 0 Å². The minimum atomic E-state index is -5.05. The highest BCUT2D eigenvalue weighted by Gasteiger charge is 2.29. The molecule has 0 saturated carbocycles. The quantitative estimate of drug-likeness (QED) is 0.399. The number of rotatable bonds is 9. The van der Waals surface area contributed by atoms with E-state index in [1.807, 2.05) is 0 Å². The van der Waals surface area contributed by atoms with Crippen LogP contribution in [0.1, 0.15) is 54.0 Å². The molecule has 28 heavy (non-hydrogen) atoms. The van der Waals surface area contributed by atoms with Crippen molar-refractivity contribution in [3.63, 3.8) is 0 Å². The predicted octanol–water partition coefficient (Wildman–Crippen LogP) is 1.38. The van der Waals surface area contributed by atoms with E-state index < -0.39 is 33.2 Å². The number of carbonyl (C=O) groups excluding carboxylic acids is 2. The lowest BCUT2D eigenvalue weighted by atomic mass is 9.83. The van der Waals surface area contributed by atoms with Gasteiger partial charge in [0.25, 0.3) is 0 Å². The van der Waals surface area contributed by atoms with Crippen molar-refractivity contribution in [3.05, 3.63) is 34.9 Å². The smallest absolute Gasteiger partial charge is 0.449 e. The maximum Gasteiger partial charge on any atom is 0.449 e. The van der Waals surface area contributed by atoms with E-state index in [9.17, 15) is 28.2 Å². The molecule has 0 radical (unpaired) electrons. The molecule has 3 N–H and O–H groups in total.